The Morgan fingerprint density at radius 2 is 1.62 bits per heavy atom. The molecule has 6 nitrogen and oxygen atoms in total. The molecule has 138 valence electrons. The second-order valence-corrected chi connectivity index (χ2v) is 6.12. The van der Waals surface area contributed by atoms with Gasteiger partial charge in [0.1, 0.15) is 24.7 Å². The van der Waals surface area contributed by atoms with Crippen molar-refractivity contribution < 1.29 is 14.3 Å². The van der Waals surface area contributed by atoms with Gasteiger partial charge in [-0.2, -0.15) is 0 Å². The Labute approximate surface area is 158 Å². The highest BCUT2D eigenvalue weighted by molar-refractivity contribution is 7.80. The van der Waals surface area contributed by atoms with Gasteiger partial charge in [0.2, 0.25) is 0 Å². The maximum atomic E-state index is 12.3. The highest BCUT2D eigenvalue weighted by atomic mass is 32.1. The van der Waals surface area contributed by atoms with Gasteiger partial charge in [0.15, 0.2) is 5.11 Å². The van der Waals surface area contributed by atoms with E-state index in [0.29, 0.717) is 29.6 Å². The Hall–Kier alpha value is -2.80. The number of hydrazine groups is 1. The van der Waals surface area contributed by atoms with Crippen LogP contribution in [0.5, 0.6) is 11.5 Å². The van der Waals surface area contributed by atoms with Gasteiger partial charge in [-0.25, -0.2) is 0 Å². The molecule has 0 radical (unpaired) electrons. The fourth-order valence-electron chi connectivity index (χ4n) is 2.09. The van der Waals surface area contributed by atoms with E-state index >= 15 is 0 Å². The minimum atomic E-state index is -0.336. The third-order valence-electron chi connectivity index (χ3n) is 3.19. The predicted molar refractivity (Wildman–Crippen MR) is 105 cm³/mol. The number of carbonyl (C=O) groups excluding carboxylic acids is 1. The van der Waals surface area contributed by atoms with Gasteiger partial charge in [0, 0.05) is 6.04 Å². The summed E-state index contributed by atoms with van der Waals surface area (Å²) in [7, 11) is 0. The van der Waals surface area contributed by atoms with Crippen LogP contribution in [0, 0.1) is 0 Å². The summed E-state index contributed by atoms with van der Waals surface area (Å²) in [4.78, 5) is 12.3. The fourth-order valence-corrected chi connectivity index (χ4v) is 2.37. The second-order valence-electron chi connectivity index (χ2n) is 5.71. The van der Waals surface area contributed by atoms with Crippen LogP contribution in [0.1, 0.15) is 24.2 Å². The van der Waals surface area contributed by atoms with Crippen LogP contribution in [0.4, 0.5) is 0 Å². The molecule has 0 fully saturated rings. The number of ether oxygens (including phenoxy) is 2. The first-order chi connectivity index (χ1) is 12.6. The fraction of sp³-hybridized carbons (Fsp3) is 0.263. The van der Waals surface area contributed by atoms with Gasteiger partial charge in [-0.1, -0.05) is 30.3 Å². The van der Waals surface area contributed by atoms with E-state index in [-0.39, 0.29) is 11.9 Å². The molecule has 0 heterocycles. The molecule has 2 rings (SSSR count). The van der Waals surface area contributed by atoms with Gasteiger partial charge in [-0.05, 0) is 50.3 Å². The Balaban J connectivity index is 1.84. The van der Waals surface area contributed by atoms with Gasteiger partial charge in [-0.3, -0.25) is 15.6 Å². The minimum absolute atomic E-state index is 0.173. The molecule has 0 saturated carbocycles. The number of benzene rings is 2. The van der Waals surface area contributed by atoms with Crippen LogP contribution in [-0.4, -0.2) is 30.3 Å². The number of thiocarbonyl (C=S) groups is 1. The summed E-state index contributed by atoms with van der Waals surface area (Å²) in [5.74, 6) is 0.918. The van der Waals surface area contributed by atoms with Crippen molar-refractivity contribution in [3.63, 3.8) is 0 Å². The molecule has 0 aliphatic carbocycles. The number of nitrogens with one attached hydrogen (secondary N) is 3. The normalized spacial score (nSPS) is 10.1. The lowest BCUT2D eigenvalue weighted by molar-refractivity contribution is 0.0938. The Morgan fingerprint density at radius 3 is 2.35 bits per heavy atom. The van der Waals surface area contributed by atoms with Gasteiger partial charge in [-0.15, -0.1) is 0 Å². The van der Waals surface area contributed by atoms with Crippen molar-refractivity contribution in [2.45, 2.75) is 19.9 Å². The highest BCUT2D eigenvalue weighted by Crippen LogP contribution is 2.17. The summed E-state index contributed by atoms with van der Waals surface area (Å²) >= 11 is 5.08. The smallest absolute Gasteiger partial charge is 0.273 e. The van der Waals surface area contributed by atoms with Crippen LogP contribution < -0.4 is 25.6 Å². The Bertz CT molecular complexity index is 723. The van der Waals surface area contributed by atoms with Crippen molar-refractivity contribution in [2.75, 3.05) is 13.2 Å². The van der Waals surface area contributed by atoms with Crippen molar-refractivity contribution in [2.24, 2.45) is 0 Å². The zero-order chi connectivity index (χ0) is 18.8. The standard InChI is InChI=1S/C19H23N3O3S/c1-14(2)20-19(26)22-21-18(23)16-10-6-7-11-17(16)25-13-12-24-15-8-4-3-5-9-15/h3-11,14H,12-13H2,1-2H3,(H,21,23)(H2,20,22,26). The first-order valence-corrected chi connectivity index (χ1v) is 8.73. The molecule has 2 aromatic carbocycles. The number of amides is 1. The lowest BCUT2D eigenvalue weighted by Gasteiger charge is -2.15. The topological polar surface area (TPSA) is 71.6 Å². The molecule has 0 unspecified atom stereocenters. The lowest BCUT2D eigenvalue weighted by atomic mass is 10.2. The molecule has 0 saturated heterocycles. The van der Waals surface area contributed by atoms with Crippen molar-refractivity contribution in [3.05, 3.63) is 60.2 Å². The van der Waals surface area contributed by atoms with E-state index in [0.717, 1.165) is 5.75 Å². The Morgan fingerprint density at radius 1 is 0.962 bits per heavy atom. The molecule has 0 aliphatic heterocycles. The third-order valence-corrected chi connectivity index (χ3v) is 3.41. The predicted octanol–water partition coefficient (Wildman–Crippen LogP) is 2.66. The van der Waals surface area contributed by atoms with Crippen LogP contribution in [0.15, 0.2) is 54.6 Å². The maximum Gasteiger partial charge on any atom is 0.273 e. The molecular formula is C19H23N3O3S. The summed E-state index contributed by atoms with van der Waals surface area (Å²) < 4.78 is 11.3. The molecular weight excluding hydrogens is 350 g/mol. The quantitative estimate of drug-likeness (QED) is 0.394. The van der Waals surface area contributed by atoms with Crippen molar-refractivity contribution in [1.82, 2.24) is 16.2 Å². The molecule has 0 aromatic heterocycles. The number of carbonyl (C=O) groups is 1. The lowest BCUT2D eigenvalue weighted by Crippen LogP contribution is -2.48. The Kier molecular flexibility index (Phi) is 7.70. The van der Waals surface area contributed by atoms with Gasteiger partial charge < -0.3 is 14.8 Å². The third kappa shape index (κ3) is 6.60. The molecule has 3 N–H and O–H groups in total. The monoisotopic (exact) mass is 373 g/mol. The SMILES string of the molecule is CC(C)NC(=S)NNC(=O)c1ccccc1OCCOc1ccccc1. The molecule has 26 heavy (non-hydrogen) atoms. The van der Waals surface area contributed by atoms with Gasteiger partial charge in [0.25, 0.3) is 5.91 Å². The number of rotatable bonds is 7. The van der Waals surface area contributed by atoms with Crippen LogP contribution in [0.25, 0.3) is 0 Å². The van der Waals surface area contributed by atoms with Gasteiger partial charge in [0.05, 0.1) is 5.56 Å². The van der Waals surface area contributed by atoms with E-state index in [9.17, 15) is 4.79 Å². The van der Waals surface area contributed by atoms with E-state index in [1.165, 1.54) is 0 Å². The molecule has 2 aromatic rings. The van der Waals surface area contributed by atoms with Crippen LogP contribution in [0.2, 0.25) is 0 Å². The summed E-state index contributed by atoms with van der Waals surface area (Å²) in [6, 6.07) is 16.7. The van der Waals surface area contributed by atoms with E-state index in [1.807, 2.05) is 50.2 Å². The average molecular weight is 373 g/mol. The highest BCUT2D eigenvalue weighted by Gasteiger charge is 2.12. The number of hydrogen-bond acceptors (Lipinski definition) is 4. The van der Waals surface area contributed by atoms with Crippen LogP contribution in [0.3, 0.4) is 0 Å². The van der Waals surface area contributed by atoms with Crippen LogP contribution in [-0.2, 0) is 0 Å². The van der Waals surface area contributed by atoms with Crippen LogP contribution >= 0.6 is 12.2 Å². The molecule has 0 spiro atoms. The van der Waals surface area contributed by atoms with E-state index in [2.05, 4.69) is 16.2 Å². The van der Waals surface area contributed by atoms with E-state index < -0.39 is 0 Å². The minimum Gasteiger partial charge on any atom is -0.490 e. The van der Waals surface area contributed by atoms with Crippen molar-refractivity contribution >= 4 is 23.2 Å². The zero-order valence-electron chi connectivity index (χ0n) is 14.8. The maximum absolute atomic E-state index is 12.3. The summed E-state index contributed by atoms with van der Waals surface area (Å²) in [5, 5.41) is 3.33. The van der Waals surface area contributed by atoms with Crippen molar-refractivity contribution in [3.8, 4) is 11.5 Å². The second kappa shape index (κ2) is 10.2. The largest absolute Gasteiger partial charge is 0.490 e. The number of para-hydroxylation sites is 2. The molecule has 7 heteroatoms. The summed E-state index contributed by atoms with van der Waals surface area (Å²) in [6.07, 6.45) is 0. The first kappa shape index (κ1) is 19.5. The summed E-state index contributed by atoms with van der Waals surface area (Å²) in [6.45, 7) is 4.60. The van der Waals surface area contributed by atoms with E-state index in [1.54, 1.807) is 18.2 Å². The van der Waals surface area contributed by atoms with Crippen molar-refractivity contribution in [1.29, 1.82) is 0 Å². The average Bonchev–Trinajstić information content (AvgIpc) is 2.64. The summed E-state index contributed by atoms with van der Waals surface area (Å²) in [5.41, 5.74) is 5.63. The molecule has 0 atom stereocenters. The molecule has 0 aliphatic rings. The van der Waals surface area contributed by atoms with Gasteiger partial charge >= 0.3 is 0 Å². The zero-order valence-corrected chi connectivity index (χ0v) is 15.6. The first-order valence-electron chi connectivity index (χ1n) is 8.33. The van der Waals surface area contributed by atoms with E-state index in [4.69, 9.17) is 21.7 Å². The molecule has 1 amide bonds. The number of hydrogen-bond donors (Lipinski definition) is 3. The molecule has 0 bridgehead atoms.